The van der Waals surface area contributed by atoms with Crippen molar-refractivity contribution < 1.29 is 28.1 Å². The van der Waals surface area contributed by atoms with E-state index in [-0.39, 0.29) is 10.5 Å². The van der Waals surface area contributed by atoms with Crippen LogP contribution in [0.4, 0.5) is 0 Å². The number of phosphoric acid groups is 1. The quantitative estimate of drug-likeness (QED) is 0.667. The van der Waals surface area contributed by atoms with Gasteiger partial charge in [-0.15, -0.1) is 0 Å². The van der Waals surface area contributed by atoms with Gasteiger partial charge in [0.05, 0.1) is 5.30 Å². The highest BCUT2D eigenvalue weighted by Crippen LogP contribution is 2.55. The van der Waals surface area contributed by atoms with Crippen LogP contribution in [0.2, 0.25) is 0 Å². The van der Waals surface area contributed by atoms with Crippen LogP contribution in [0.25, 0.3) is 13.2 Å². The number of benzene rings is 2. The summed E-state index contributed by atoms with van der Waals surface area (Å²) in [4.78, 5) is 28.2. The smallest absolute Gasteiger partial charge is 0.321 e. The fourth-order valence-corrected chi connectivity index (χ4v) is 5.30. The average Bonchev–Trinajstić information content (AvgIpc) is 2.52. The van der Waals surface area contributed by atoms with Gasteiger partial charge in [0.15, 0.2) is 0 Å². The first-order valence-electron chi connectivity index (χ1n) is 8.03. The lowest BCUT2D eigenvalue weighted by Crippen LogP contribution is -2.30. The molecular weight excluding hydrogens is 374 g/mol. The second kappa shape index (κ2) is 7.61. The Hall–Kier alpha value is -1.52. The van der Waals surface area contributed by atoms with Crippen molar-refractivity contribution in [3.05, 3.63) is 62.3 Å². The van der Waals surface area contributed by atoms with Crippen molar-refractivity contribution in [2.75, 3.05) is 0 Å². The summed E-state index contributed by atoms with van der Waals surface area (Å²) in [5.74, 6) is 0. The molecule has 1 unspecified atom stereocenters. The Balaban J connectivity index is 3.01. The van der Waals surface area contributed by atoms with Gasteiger partial charge < -0.3 is 14.7 Å². The Morgan fingerprint density at radius 2 is 1.50 bits per heavy atom. The fraction of sp³-hybridized carbons (Fsp3) is 0.222. The van der Waals surface area contributed by atoms with Crippen molar-refractivity contribution in [3.63, 3.8) is 0 Å². The highest BCUT2D eigenvalue weighted by molar-refractivity contribution is 7.69. The third-order valence-electron chi connectivity index (χ3n) is 4.14. The van der Waals surface area contributed by atoms with Gasteiger partial charge in [0, 0.05) is 0 Å². The molecule has 0 aliphatic heterocycles. The molecule has 0 amide bonds. The van der Waals surface area contributed by atoms with Crippen molar-refractivity contribution in [3.8, 4) is 0 Å². The van der Waals surface area contributed by atoms with Crippen molar-refractivity contribution in [2.24, 2.45) is 0 Å². The van der Waals surface area contributed by atoms with E-state index in [1.807, 2.05) is 38.1 Å². The molecule has 8 heteroatoms. The highest BCUT2D eigenvalue weighted by Gasteiger charge is 2.34. The molecule has 0 heterocycles. The first-order valence-corrected chi connectivity index (χ1v) is 11.1. The van der Waals surface area contributed by atoms with E-state index in [0.717, 1.165) is 21.6 Å². The maximum Gasteiger partial charge on any atom is 0.477 e. The minimum absolute atomic E-state index is 0.205. The van der Waals surface area contributed by atoms with Gasteiger partial charge in [-0.3, -0.25) is 4.57 Å². The molecule has 1 atom stereocenters. The van der Waals surface area contributed by atoms with Crippen LogP contribution in [0, 0.1) is 10.4 Å². The van der Waals surface area contributed by atoms with Gasteiger partial charge >= 0.3 is 15.4 Å². The van der Waals surface area contributed by atoms with Crippen molar-refractivity contribution in [2.45, 2.75) is 26.7 Å². The van der Waals surface area contributed by atoms with Gasteiger partial charge in [0.25, 0.3) is 0 Å². The average molecular weight is 396 g/mol. The van der Waals surface area contributed by atoms with Crippen LogP contribution in [-0.4, -0.2) is 14.7 Å². The molecule has 2 rings (SSSR count). The predicted molar refractivity (Wildman–Crippen MR) is 102 cm³/mol. The van der Waals surface area contributed by atoms with E-state index >= 15 is 0 Å². The minimum atomic E-state index is -5.16. The Labute approximate surface area is 151 Å². The minimum Gasteiger partial charge on any atom is -0.321 e. The first kappa shape index (κ1) is 20.8. The molecule has 0 saturated carbocycles. The molecule has 26 heavy (non-hydrogen) atoms. The van der Waals surface area contributed by atoms with Gasteiger partial charge in [-0.05, 0) is 50.9 Å². The normalized spacial score (nSPS) is 14.2. The Morgan fingerprint density at radius 1 is 0.962 bits per heavy atom. The summed E-state index contributed by atoms with van der Waals surface area (Å²) in [6.45, 7) is 11.6. The zero-order valence-electron chi connectivity index (χ0n) is 14.7. The van der Waals surface area contributed by atoms with Crippen LogP contribution < -0.4 is 15.7 Å². The molecule has 140 valence electrons. The second-order valence-corrected chi connectivity index (χ2v) is 9.03. The summed E-state index contributed by atoms with van der Waals surface area (Å²) < 4.78 is 27.9. The van der Waals surface area contributed by atoms with Crippen LogP contribution in [0.3, 0.4) is 0 Å². The standard InChI is InChI=1S/C18H22O6P2/c1-5-15-13(4)18(25(19,20)24-26(21,22)23)11-17(16(15)6-2)14-9-7-12(3)8-10-14/h7-11H,3-6H2,1-2H3,(H,19,20)(H2,21,22,23). The predicted octanol–water partition coefficient (Wildman–Crippen LogP) is 1.84. The summed E-state index contributed by atoms with van der Waals surface area (Å²) in [6, 6.07) is 8.77. The molecule has 3 N–H and O–H groups in total. The Bertz CT molecular complexity index is 1100. The summed E-state index contributed by atoms with van der Waals surface area (Å²) in [7, 11) is -9.93. The molecule has 0 saturated heterocycles. The van der Waals surface area contributed by atoms with Gasteiger partial charge in [-0.1, -0.05) is 51.3 Å². The second-order valence-electron chi connectivity index (χ2n) is 5.88. The lowest BCUT2D eigenvalue weighted by molar-refractivity contribution is 0.268. The topological polar surface area (TPSA) is 104 Å². The van der Waals surface area contributed by atoms with Crippen LogP contribution in [0.5, 0.6) is 0 Å². The van der Waals surface area contributed by atoms with Gasteiger partial charge in [0.1, 0.15) is 0 Å². The van der Waals surface area contributed by atoms with E-state index in [2.05, 4.69) is 17.5 Å². The molecule has 0 bridgehead atoms. The molecule has 0 spiro atoms. The lowest BCUT2D eigenvalue weighted by Gasteiger charge is -2.17. The summed E-state index contributed by atoms with van der Waals surface area (Å²) in [6.07, 6.45) is 1.22. The monoisotopic (exact) mass is 396 g/mol. The Morgan fingerprint density at radius 3 is 1.96 bits per heavy atom. The maximum absolute atomic E-state index is 12.5. The van der Waals surface area contributed by atoms with Gasteiger partial charge in [0.2, 0.25) is 0 Å². The van der Waals surface area contributed by atoms with E-state index in [9.17, 15) is 14.0 Å². The molecule has 0 fully saturated rings. The molecule has 6 nitrogen and oxygen atoms in total. The van der Waals surface area contributed by atoms with E-state index in [1.54, 1.807) is 0 Å². The van der Waals surface area contributed by atoms with Crippen LogP contribution in [0.15, 0.2) is 30.3 Å². The molecule has 0 aliphatic carbocycles. The molecule has 2 aromatic carbocycles. The zero-order chi connectivity index (χ0) is 19.7. The van der Waals surface area contributed by atoms with E-state index in [1.165, 1.54) is 6.07 Å². The van der Waals surface area contributed by atoms with Crippen molar-refractivity contribution in [1.29, 1.82) is 0 Å². The number of hydrogen-bond donors (Lipinski definition) is 3. The summed E-state index contributed by atoms with van der Waals surface area (Å²) in [5.41, 5.74) is 1.73. The fourth-order valence-electron chi connectivity index (χ4n) is 3.02. The third-order valence-corrected chi connectivity index (χ3v) is 6.88. The largest absolute Gasteiger partial charge is 0.477 e. The molecular formula is C18H22O6P2. The van der Waals surface area contributed by atoms with E-state index in [4.69, 9.17) is 9.79 Å². The lowest BCUT2D eigenvalue weighted by atomic mass is 9.97. The SMILES string of the molecule is C=c1ccc(=c2cc(P(=O)(O)OP(=O)(O)O)c(=C)c(CC)c2CC)cc1. The van der Waals surface area contributed by atoms with Crippen LogP contribution in [-0.2, 0) is 26.3 Å². The molecule has 0 aromatic heterocycles. The van der Waals surface area contributed by atoms with Crippen LogP contribution in [0.1, 0.15) is 25.0 Å². The third kappa shape index (κ3) is 4.41. The van der Waals surface area contributed by atoms with Crippen LogP contribution >= 0.6 is 15.4 Å². The van der Waals surface area contributed by atoms with Gasteiger partial charge in [-0.25, -0.2) is 8.88 Å². The summed E-state index contributed by atoms with van der Waals surface area (Å²) in [5, 5.41) is 2.40. The molecule has 0 radical (unpaired) electrons. The summed E-state index contributed by atoms with van der Waals surface area (Å²) >= 11 is 0. The first-order chi connectivity index (χ1) is 12.0. The maximum atomic E-state index is 12.5. The van der Waals surface area contributed by atoms with E-state index < -0.39 is 15.4 Å². The number of hydrogen-bond acceptors (Lipinski definition) is 3. The Kier molecular flexibility index (Phi) is 6.09. The van der Waals surface area contributed by atoms with E-state index in [0.29, 0.717) is 18.1 Å². The molecule has 0 aliphatic rings. The highest BCUT2D eigenvalue weighted by atomic mass is 31.3. The van der Waals surface area contributed by atoms with Crippen molar-refractivity contribution >= 4 is 33.9 Å². The number of rotatable bonds is 5. The van der Waals surface area contributed by atoms with Gasteiger partial charge in [-0.2, -0.15) is 0 Å². The zero-order valence-corrected chi connectivity index (χ0v) is 16.5. The van der Waals surface area contributed by atoms with Crippen molar-refractivity contribution in [1.82, 2.24) is 0 Å². The molecule has 2 aromatic rings.